The minimum absolute atomic E-state index is 0.103. The predicted octanol–water partition coefficient (Wildman–Crippen LogP) is 2.71. The number of rotatable bonds is 10. The molecule has 0 aliphatic carbocycles. The fraction of sp³-hybridized carbons (Fsp3) is 0.273. The van der Waals surface area contributed by atoms with E-state index in [9.17, 15) is 9.59 Å². The third kappa shape index (κ3) is 6.04. The van der Waals surface area contributed by atoms with Crippen LogP contribution >= 0.6 is 0 Å². The number of benzene rings is 2. The zero-order chi connectivity index (χ0) is 20.4. The van der Waals surface area contributed by atoms with Crippen LogP contribution in [-0.2, 0) is 27.3 Å². The van der Waals surface area contributed by atoms with Crippen molar-refractivity contribution in [2.75, 3.05) is 31.7 Å². The van der Waals surface area contributed by atoms with Crippen LogP contribution in [0.2, 0.25) is 0 Å². The minimum Gasteiger partial charge on any atom is -0.461 e. The molecule has 0 heterocycles. The minimum atomic E-state index is -0.518. The van der Waals surface area contributed by atoms with E-state index in [4.69, 9.17) is 15.2 Å². The van der Waals surface area contributed by atoms with E-state index in [1.54, 1.807) is 25.3 Å². The van der Waals surface area contributed by atoms with E-state index >= 15 is 0 Å². The quantitative estimate of drug-likeness (QED) is 0.505. The lowest BCUT2D eigenvalue weighted by Gasteiger charge is -2.21. The topological polar surface area (TPSA) is 81.9 Å². The van der Waals surface area contributed by atoms with Crippen molar-refractivity contribution < 1.29 is 19.1 Å². The second kappa shape index (κ2) is 11.0. The molecular weight excluding hydrogens is 356 g/mol. The van der Waals surface area contributed by atoms with Crippen molar-refractivity contribution in [2.24, 2.45) is 5.73 Å². The zero-order valence-corrected chi connectivity index (χ0v) is 16.1. The van der Waals surface area contributed by atoms with Crippen molar-refractivity contribution in [1.29, 1.82) is 0 Å². The van der Waals surface area contributed by atoms with E-state index in [2.05, 4.69) is 6.58 Å². The lowest BCUT2D eigenvalue weighted by Crippen LogP contribution is -2.31. The Hall–Kier alpha value is -2.96. The summed E-state index contributed by atoms with van der Waals surface area (Å²) in [6, 6.07) is 14.9. The number of amides is 1. The third-order valence-corrected chi connectivity index (χ3v) is 4.09. The molecule has 0 aliphatic heterocycles. The van der Waals surface area contributed by atoms with Crippen LogP contribution in [0.3, 0.4) is 0 Å². The molecule has 2 rings (SSSR count). The third-order valence-electron chi connectivity index (χ3n) is 4.09. The van der Waals surface area contributed by atoms with E-state index in [1.807, 2.05) is 36.4 Å². The highest BCUT2D eigenvalue weighted by Crippen LogP contribution is 2.23. The second-order valence-corrected chi connectivity index (χ2v) is 6.20. The van der Waals surface area contributed by atoms with Crippen molar-refractivity contribution in [1.82, 2.24) is 0 Å². The Bertz CT molecular complexity index is 805. The van der Waals surface area contributed by atoms with Crippen LogP contribution in [0, 0.1) is 0 Å². The van der Waals surface area contributed by atoms with Gasteiger partial charge in [0, 0.05) is 13.6 Å². The molecule has 0 radical (unpaired) electrons. The highest BCUT2D eigenvalue weighted by Gasteiger charge is 2.20. The molecule has 2 aromatic carbocycles. The standard InChI is InChI=1S/C22H26N2O4/c1-3-7-17-10-11-19(22(26)28-13-12-23)20(14-17)24(2)21(25)16-27-15-18-8-5-4-6-9-18/h3-6,8-11,14H,1,7,12-13,15-16,23H2,2H3. The molecule has 0 unspecified atom stereocenters. The van der Waals surface area contributed by atoms with Gasteiger partial charge in [0.25, 0.3) is 5.91 Å². The highest BCUT2D eigenvalue weighted by molar-refractivity contribution is 6.02. The Balaban J connectivity index is 2.12. The average Bonchev–Trinajstić information content (AvgIpc) is 2.72. The van der Waals surface area contributed by atoms with Gasteiger partial charge in [0.1, 0.15) is 13.2 Å². The first kappa shape index (κ1) is 21.3. The number of esters is 1. The molecule has 2 N–H and O–H groups in total. The number of ether oxygens (including phenoxy) is 2. The molecule has 0 fully saturated rings. The number of nitrogens with zero attached hydrogens (tertiary/aromatic N) is 1. The summed E-state index contributed by atoms with van der Waals surface area (Å²) < 4.78 is 10.7. The van der Waals surface area contributed by atoms with Gasteiger partial charge in [0.05, 0.1) is 17.9 Å². The molecule has 6 heteroatoms. The van der Waals surface area contributed by atoms with Crippen LogP contribution in [0.1, 0.15) is 21.5 Å². The fourth-order valence-electron chi connectivity index (χ4n) is 2.61. The SMILES string of the molecule is C=CCc1ccc(C(=O)OCCN)c(N(C)C(=O)COCc2ccccc2)c1. The van der Waals surface area contributed by atoms with Crippen molar-refractivity contribution >= 4 is 17.6 Å². The lowest BCUT2D eigenvalue weighted by molar-refractivity contribution is -0.123. The number of carbonyl (C=O) groups excluding carboxylic acids is 2. The summed E-state index contributed by atoms with van der Waals surface area (Å²) in [5.41, 5.74) is 8.09. The van der Waals surface area contributed by atoms with E-state index < -0.39 is 5.97 Å². The Morgan fingerprint density at radius 2 is 1.89 bits per heavy atom. The molecule has 28 heavy (non-hydrogen) atoms. The van der Waals surface area contributed by atoms with Gasteiger partial charge in [-0.3, -0.25) is 4.79 Å². The predicted molar refractivity (Wildman–Crippen MR) is 109 cm³/mol. The molecular formula is C22H26N2O4. The molecule has 148 valence electrons. The van der Waals surface area contributed by atoms with Gasteiger partial charge in [-0.15, -0.1) is 6.58 Å². The summed E-state index contributed by atoms with van der Waals surface area (Å²) in [6.07, 6.45) is 2.38. The number of carbonyl (C=O) groups is 2. The lowest BCUT2D eigenvalue weighted by atomic mass is 10.1. The molecule has 6 nitrogen and oxygen atoms in total. The Morgan fingerprint density at radius 1 is 1.14 bits per heavy atom. The van der Waals surface area contributed by atoms with Gasteiger partial charge in [0.15, 0.2) is 0 Å². The summed E-state index contributed by atoms with van der Waals surface area (Å²) in [6.45, 7) is 4.31. The van der Waals surface area contributed by atoms with E-state index in [0.29, 0.717) is 24.3 Å². The maximum atomic E-state index is 12.6. The molecule has 1 amide bonds. The van der Waals surface area contributed by atoms with E-state index in [-0.39, 0.29) is 25.7 Å². The summed E-state index contributed by atoms with van der Waals surface area (Å²) >= 11 is 0. The van der Waals surface area contributed by atoms with Gasteiger partial charge >= 0.3 is 5.97 Å². The average molecular weight is 382 g/mol. The molecule has 0 saturated heterocycles. The van der Waals surface area contributed by atoms with E-state index in [0.717, 1.165) is 11.1 Å². The Morgan fingerprint density at radius 3 is 2.57 bits per heavy atom. The number of hydrogen-bond donors (Lipinski definition) is 1. The molecule has 0 saturated carbocycles. The molecule has 2 aromatic rings. The monoisotopic (exact) mass is 382 g/mol. The number of likely N-dealkylation sites (N-methyl/N-ethyl adjacent to an activating group) is 1. The van der Waals surface area contributed by atoms with Gasteiger partial charge in [-0.2, -0.15) is 0 Å². The highest BCUT2D eigenvalue weighted by atomic mass is 16.5. The smallest absolute Gasteiger partial charge is 0.340 e. The molecule has 0 aliphatic rings. The first-order valence-electron chi connectivity index (χ1n) is 9.06. The summed E-state index contributed by atoms with van der Waals surface area (Å²) in [7, 11) is 1.61. The second-order valence-electron chi connectivity index (χ2n) is 6.20. The van der Waals surface area contributed by atoms with Gasteiger partial charge in [0.2, 0.25) is 0 Å². The normalized spacial score (nSPS) is 10.4. The van der Waals surface area contributed by atoms with Crippen molar-refractivity contribution in [3.8, 4) is 0 Å². The maximum Gasteiger partial charge on any atom is 0.340 e. The number of allylic oxidation sites excluding steroid dienone is 1. The summed E-state index contributed by atoms with van der Waals surface area (Å²) in [5.74, 6) is -0.782. The molecule has 0 aromatic heterocycles. The Labute approximate surface area is 165 Å². The van der Waals surface area contributed by atoms with Crippen LogP contribution in [0.5, 0.6) is 0 Å². The first-order chi connectivity index (χ1) is 13.6. The molecule has 0 bridgehead atoms. The van der Waals surface area contributed by atoms with Crippen LogP contribution in [-0.4, -0.2) is 38.7 Å². The van der Waals surface area contributed by atoms with Crippen molar-refractivity contribution in [3.63, 3.8) is 0 Å². The van der Waals surface area contributed by atoms with Crippen molar-refractivity contribution in [2.45, 2.75) is 13.0 Å². The van der Waals surface area contributed by atoms with Crippen LogP contribution in [0.25, 0.3) is 0 Å². The van der Waals surface area contributed by atoms with Crippen LogP contribution < -0.4 is 10.6 Å². The number of nitrogens with two attached hydrogens (primary N) is 1. The summed E-state index contributed by atoms with van der Waals surface area (Å²) in [5, 5.41) is 0. The Kier molecular flexibility index (Phi) is 8.39. The fourth-order valence-corrected chi connectivity index (χ4v) is 2.61. The van der Waals surface area contributed by atoms with Gasteiger partial charge in [-0.25, -0.2) is 4.79 Å². The molecule has 0 atom stereocenters. The number of hydrogen-bond acceptors (Lipinski definition) is 5. The molecule has 0 spiro atoms. The zero-order valence-electron chi connectivity index (χ0n) is 16.1. The van der Waals surface area contributed by atoms with Gasteiger partial charge in [-0.1, -0.05) is 42.5 Å². The van der Waals surface area contributed by atoms with Crippen LogP contribution in [0.4, 0.5) is 5.69 Å². The van der Waals surface area contributed by atoms with Crippen molar-refractivity contribution in [3.05, 3.63) is 77.9 Å². The maximum absolute atomic E-state index is 12.6. The first-order valence-corrected chi connectivity index (χ1v) is 9.06. The number of anilines is 1. The summed E-state index contributed by atoms with van der Waals surface area (Å²) in [4.78, 5) is 26.4. The largest absolute Gasteiger partial charge is 0.461 e. The van der Waals surface area contributed by atoms with Gasteiger partial charge in [-0.05, 0) is 29.7 Å². The van der Waals surface area contributed by atoms with Crippen LogP contribution in [0.15, 0.2) is 61.2 Å². The van der Waals surface area contributed by atoms with E-state index in [1.165, 1.54) is 4.90 Å². The van der Waals surface area contributed by atoms with Gasteiger partial charge < -0.3 is 20.1 Å².